The SMILES string of the molecule is [C-]#[N+]c1ccc(N(c2cc(C)c(C)c(C)c2)c2ccc3cc4c(cc3c2)oc2cc3c(cc24)oc2cc4cc(N(c5ccc(C#N)cc5)c5cc(C)c(C)c(C)c5)ccc4cc23)cc1. The number of furan rings is 2. The Morgan fingerprint density at radius 2 is 0.781 bits per heavy atom. The Balaban J connectivity index is 0.999. The predicted octanol–water partition coefficient (Wildman–Crippen LogP) is 17.0. The molecule has 0 saturated heterocycles. The summed E-state index contributed by atoms with van der Waals surface area (Å²) in [6.45, 7) is 20.5. The Bertz CT molecular complexity index is 3520. The quantitative estimate of drug-likeness (QED) is 0.156. The monoisotopic (exact) mass is 826 g/mol. The molecule has 0 aliphatic heterocycles. The molecule has 0 aliphatic rings. The lowest BCUT2D eigenvalue weighted by atomic mass is 10.0. The van der Waals surface area contributed by atoms with Crippen LogP contribution in [-0.2, 0) is 0 Å². The van der Waals surface area contributed by atoms with Crippen LogP contribution in [0.4, 0.5) is 39.8 Å². The summed E-state index contributed by atoms with van der Waals surface area (Å²) in [5, 5.41) is 17.9. The highest BCUT2D eigenvalue weighted by Crippen LogP contribution is 2.43. The van der Waals surface area contributed by atoms with Crippen LogP contribution in [0.5, 0.6) is 0 Å². The molecule has 0 radical (unpaired) electrons. The highest BCUT2D eigenvalue weighted by Gasteiger charge is 2.20. The van der Waals surface area contributed by atoms with E-state index in [2.05, 4.69) is 159 Å². The molecule has 2 aromatic heterocycles. The lowest BCUT2D eigenvalue weighted by Crippen LogP contribution is -2.11. The smallest absolute Gasteiger partial charge is 0.187 e. The summed E-state index contributed by atoms with van der Waals surface area (Å²) < 4.78 is 13.3. The maximum Gasteiger partial charge on any atom is 0.187 e. The highest BCUT2D eigenvalue weighted by atomic mass is 16.3. The fraction of sp³-hybridized carbons (Fsp3) is 0.103. The summed E-state index contributed by atoms with van der Waals surface area (Å²) in [7, 11) is 0. The summed E-state index contributed by atoms with van der Waals surface area (Å²) in [4.78, 5) is 8.14. The van der Waals surface area contributed by atoms with E-state index in [0.717, 1.165) is 99.5 Å². The van der Waals surface area contributed by atoms with Crippen LogP contribution in [0, 0.1) is 59.4 Å². The number of anilines is 6. The topological polar surface area (TPSA) is 60.9 Å². The average Bonchev–Trinajstić information content (AvgIpc) is 3.83. The molecule has 11 aromatic rings. The molecule has 0 bridgehead atoms. The van der Waals surface area contributed by atoms with Crippen LogP contribution in [-0.4, -0.2) is 0 Å². The lowest BCUT2D eigenvalue weighted by Gasteiger charge is -2.27. The van der Waals surface area contributed by atoms with Crippen molar-refractivity contribution in [2.45, 2.75) is 41.5 Å². The van der Waals surface area contributed by atoms with Crippen molar-refractivity contribution in [1.29, 1.82) is 5.26 Å². The Morgan fingerprint density at radius 3 is 1.19 bits per heavy atom. The number of aryl methyl sites for hydroxylation is 4. The number of nitrogens with zero attached hydrogens (tertiary/aromatic N) is 4. The van der Waals surface area contributed by atoms with Crippen molar-refractivity contribution in [3.63, 3.8) is 0 Å². The first-order valence-electron chi connectivity index (χ1n) is 21.5. The van der Waals surface area contributed by atoms with E-state index in [1.165, 1.54) is 33.4 Å². The number of hydrogen-bond donors (Lipinski definition) is 0. The minimum atomic E-state index is 0.612. The average molecular weight is 827 g/mol. The second kappa shape index (κ2) is 14.7. The molecule has 64 heavy (non-hydrogen) atoms. The third-order valence-electron chi connectivity index (χ3n) is 13.3. The van der Waals surface area contributed by atoms with Gasteiger partial charge >= 0.3 is 0 Å². The molecule has 0 atom stereocenters. The van der Waals surface area contributed by atoms with Gasteiger partial charge in [-0.1, -0.05) is 24.3 Å². The van der Waals surface area contributed by atoms with Crippen molar-refractivity contribution in [3.05, 3.63) is 196 Å². The molecule has 0 fully saturated rings. The van der Waals surface area contributed by atoms with Gasteiger partial charge in [0, 0.05) is 55.7 Å². The molecular weight excluding hydrogens is 785 g/mol. The Labute approximate surface area is 371 Å². The van der Waals surface area contributed by atoms with Crippen LogP contribution in [0.3, 0.4) is 0 Å². The number of benzene rings is 9. The molecule has 6 nitrogen and oxygen atoms in total. The van der Waals surface area contributed by atoms with Gasteiger partial charge in [-0.15, -0.1) is 0 Å². The zero-order valence-electron chi connectivity index (χ0n) is 36.5. The summed E-state index contributed by atoms with van der Waals surface area (Å²) in [6.07, 6.45) is 0. The predicted molar refractivity (Wildman–Crippen MR) is 265 cm³/mol. The molecule has 0 spiro atoms. The Morgan fingerprint density at radius 1 is 0.406 bits per heavy atom. The largest absolute Gasteiger partial charge is 0.456 e. The zero-order chi connectivity index (χ0) is 44.0. The van der Waals surface area contributed by atoms with Gasteiger partial charge in [0.1, 0.15) is 22.3 Å². The molecule has 0 aliphatic carbocycles. The van der Waals surface area contributed by atoms with Gasteiger partial charge in [-0.3, -0.25) is 0 Å². The van der Waals surface area contributed by atoms with Gasteiger partial charge in [0.2, 0.25) is 0 Å². The maximum absolute atomic E-state index is 9.52. The zero-order valence-corrected chi connectivity index (χ0v) is 36.5. The van der Waals surface area contributed by atoms with Gasteiger partial charge in [-0.2, -0.15) is 5.26 Å². The molecule has 0 N–H and O–H groups in total. The number of nitriles is 1. The molecule has 0 saturated carbocycles. The minimum Gasteiger partial charge on any atom is -0.456 e. The molecule has 9 aromatic carbocycles. The Hall–Kier alpha value is -8.32. The molecule has 2 heterocycles. The first kappa shape index (κ1) is 38.6. The van der Waals surface area contributed by atoms with Crippen molar-refractivity contribution in [2.24, 2.45) is 0 Å². The van der Waals surface area contributed by atoms with E-state index < -0.39 is 0 Å². The molecule has 0 unspecified atom stereocenters. The van der Waals surface area contributed by atoms with Crippen molar-refractivity contribution in [2.75, 3.05) is 9.80 Å². The van der Waals surface area contributed by atoms with Crippen LogP contribution in [0.2, 0.25) is 0 Å². The number of rotatable bonds is 6. The van der Waals surface area contributed by atoms with Crippen LogP contribution >= 0.6 is 0 Å². The van der Waals surface area contributed by atoms with E-state index in [4.69, 9.17) is 15.4 Å². The van der Waals surface area contributed by atoms with Crippen molar-refractivity contribution in [3.8, 4) is 6.07 Å². The number of hydrogen-bond acceptors (Lipinski definition) is 5. The molecule has 6 heteroatoms. The standard InChI is InChI=1S/C58H42N4O2/c1-33-20-49(21-34(2)37(33)5)61(45-14-8-39(32-59)9-15-45)47-16-10-40-26-51-53-30-58-54(31-57(53)63-55(51)28-42(40)24-47)52-27-41-11-17-48(25-43(41)29-56(52)64-58)62(46-18-12-44(60-7)13-19-46)50-22-35(3)38(6)36(4)23-50/h8-31H,1-6H3. The minimum absolute atomic E-state index is 0.612. The third-order valence-corrected chi connectivity index (χ3v) is 13.3. The summed E-state index contributed by atoms with van der Waals surface area (Å²) in [5.74, 6) is 0. The van der Waals surface area contributed by atoms with E-state index in [1.807, 2.05) is 48.5 Å². The van der Waals surface area contributed by atoms with E-state index in [0.29, 0.717) is 11.3 Å². The summed E-state index contributed by atoms with van der Waals surface area (Å²) in [6, 6.07) is 52.8. The van der Waals surface area contributed by atoms with Crippen molar-refractivity contribution < 1.29 is 8.83 Å². The highest BCUT2D eigenvalue weighted by molar-refractivity contribution is 6.18. The Kier molecular flexibility index (Phi) is 8.84. The summed E-state index contributed by atoms with van der Waals surface area (Å²) >= 11 is 0. The van der Waals surface area contributed by atoms with Gasteiger partial charge in [-0.05, 0) is 218 Å². The first-order valence-corrected chi connectivity index (χ1v) is 21.5. The van der Waals surface area contributed by atoms with Crippen LogP contribution < -0.4 is 9.80 Å². The van der Waals surface area contributed by atoms with Gasteiger partial charge in [-0.25, -0.2) is 4.85 Å². The first-order chi connectivity index (χ1) is 31.0. The lowest BCUT2D eigenvalue weighted by molar-refractivity contribution is 0.664. The van der Waals surface area contributed by atoms with Crippen molar-refractivity contribution in [1.82, 2.24) is 0 Å². The van der Waals surface area contributed by atoms with Gasteiger partial charge in [0.05, 0.1) is 18.2 Å². The second-order valence-electron chi connectivity index (χ2n) is 17.2. The number of fused-ring (bicyclic) bond motifs is 8. The molecule has 0 amide bonds. The fourth-order valence-electron chi connectivity index (χ4n) is 9.32. The van der Waals surface area contributed by atoms with Gasteiger partial charge in [0.15, 0.2) is 5.69 Å². The second-order valence-corrected chi connectivity index (χ2v) is 17.2. The van der Waals surface area contributed by atoms with Crippen LogP contribution in [0.15, 0.2) is 154 Å². The van der Waals surface area contributed by atoms with Crippen LogP contribution in [0.1, 0.15) is 38.9 Å². The van der Waals surface area contributed by atoms with Crippen LogP contribution in [0.25, 0.3) is 70.3 Å². The third kappa shape index (κ3) is 6.31. The maximum atomic E-state index is 9.52. The van der Waals surface area contributed by atoms with Crippen molar-refractivity contribution >= 4 is 105 Å². The van der Waals surface area contributed by atoms with Gasteiger partial charge in [0.25, 0.3) is 0 Å². The van der Waals surface area contributed by atoms with E-state index in [-0.39, 0.29) is 0 Å². The van der Waals surface area contributed by atoms with E-state index in [9.17, 15) is 5.26 Å². The normalized spacial score (nSPS) is 11.6. The summed E-state index contributed by atoms with van der Waals surface area (Å²) in [5.41, 5.74) is 18.1. The van der Waals surface area contributed by atoms with E-state index in [1.54, 1.807) is 0 Å². The van der Waals surface area contributed by atoms with Gasteiger partial charge < -0.3 is 18.6 Å². The van der Waals surface area contributed by atoms with E-state index >= 15 is 0 Å². The molecule has 306 valence electrons. The fourth-order valence-corrected chi connectivity index (χ4v) is 9.32. The molecule has 11 rings (SSSR count). The molecular formula is C58H42N4O2.